The van der Waals surface area contributed by atoms with Crippen molar-refractivity contribution in [3.05, 3.63) is 9.98 Å². The molecule has 16 heavy (non-hydrogen) atoms. The third-order valence-corrected chi connectivity index (χ3v) is 4.15. The summed E-state index contributed by atoms with van der Waals surface area (Å²) in [6, 6.07) is -0.0336. The number of halogens is 1. The zero-order valence-corrected chi connectivity index (χ0v) is 11.5. The third-order valence-electron chi connectivity index (χ3n) is 2.76. The summed E-state index contributed by atoms with van der Waals surface area (Å²) in [6.07, 6.45) is 3.88. The zero-order chi connectivity index (χ0) is 11.5. The quantitative estimate of drug-likeness (QED) is 0.866. The molecule has 0 aromatic carbocycles. The van der Waals surface area contributed by atoms with Gasteiger partial charge in [0.2, 0.25) is 0 Å². The molecular formula is C10H14BrN3OS. The SMILES string of the molecule is CC1CCN(C(=O)Nc2ncc(Br)s2)CC1. The molecule has 0 bridgehead atoms. The molecule has 4 nitrogen and oxygen atoms in total. The second kappa shape index (κ2) is 5.14. The van der Waals surface area contributed by atoms with Gasteiger partial charge in [-0.3, -0.25) is 5.32 Å². The Balaban J connectivity index is 1.88. The Morgan fingerprint density at radius 3 is 2.88 bits per heavy atom. The van der Waals surface area contributed by atoms with Gasteiger partial charge in [-0.15, -0.1) is 0 Å². The van der Waals surface area contributed by atoms with Crippen molar-refractivity contribution in [3.8, 4) is 0 Å². The highest BCUT2D eigenvalue weighted by molar-refractivity contribution is 9.11. The number of amides is 2. The maximum absolute atomic E-state index is 11.8. The molecule has 1 aromatic heterocycles. The fourth-order valence-corrected chi connectivity index (χ4v) is 2.79. The van der Waals surface area contributed by atoms with E-state index in [1.165, 1.54) is 11.3 Å². The summed E-state index contributed by atoms with van der Waals surface area (Å²) in [5.74, 6) is 0.734. The number of piperidine rings is 1. The van der Waals surface area contributed by atoms with Crippen LogP contribution in [0, 0.1) is 5.92 Å². The minimum absolute atomic E-state index is 0.0336. The number of anilines is 1. The number of aromatic nitrogens is 1. The summed E-state index contributed by atoms with van der Waals surface area (Å²) in [5, 5.41) is 3.46. The van der Waals surface area contributed by atoms with Gasteiger partial charge in [0.1, 0.15) is 0 Å². The zero-order valence-electron chi connectivity index (χ0n) is 9.07. The summed E-state index contributed by atoms with van der Waals surface area (Å²) in [6.45, 7) is 3.92. The van der Waals surface area contributed by atoms with Crippen LogP contribution in [0.25, 0.3) is 0 Å². The van der Waals surface area contributed by atoms with Crippen molar-refractivity contribution < 1.29 is 4.79 Å². The maximum Gasteiger partial charge on any atom is 0.323 e. The lowest BCUT2D eigenvalue weighted by Crippen LogP contribution is -2.40. The van der Waals surface area contributed by atoms with Crippen LogP contribution in [0.1, 0.15) is 19.8 Å². The first kappa shape index (κ1) is 11.9. The maximum atomic E-state index is 11.8. The van der Waals surface area contributed by atoms with E-state index in [9.17, 15) is 4.79 Å². The van der Waals surface area contributed by atoms with Gasteiger partial charge in [-0.25, -0.2) is 9.78 Å². The van der Waals surface area contributed by atoms with Crippen LogP contribution < -0.4 is 5.32 Å². The number of hydrogen-bond donors (Lipinski definition) is 1. The van der Waals surface area contributed by atoms with Crippen LogP contribution in [0.15, 0.2) is 9.98 Å². The van der Waals surface area contributed by atoms with E-state index in [0.29, 0.717) is 5.13 Å². The minimum atomic E-state index is -0.0336. The highest BCUT2D eigenvalue weighted by atomic mass is 79.9. The van der Waals surface area contributed by atoms with Crippen LogP contribution in [0.5, 0.6) is 0 Å². The van der Waals surface area contributed by atoms with E-state index in [1.807, 2.05) is 4.90 Å². The molecular weight excluding hydrogens is 290 g/mol. The molecule has 6 heteroatoms. The van der Waals surface area contributed by atoms with Gasteiger partial charge in [0.25, 0.3) is 0 Å². The summed E-state index contributed by atoms with van der Waals surface area (Å²) in [4.78, 5) is 17.8. The van der Waals surface area contributed by atoms with Crippen LogP contribution >= 0.6 is 27.3 Å². The molecule has 0 radical (unpaired) electrons. The lowest BCUT2D eigenvalue weighted by molar-refractivity contribution is 0.186. The van der Waals surface area contributed by atoms with Gasteiger partial charge in [-0.05, 0) is 34.7 Å². The van der Waals surface area contributed by atoms with Gasteiger partial charge in [0.05, 0.1) is 9.98 Å². The minimum Gasteiger partial charge on any atom is -0.324 e. The van der Waals surface area contributed by atoms with E-state index >= 15 is 0 Å². The van der Waals surface area contributed by atoms with Crippen LogP contribution in [0.3, 0.4) is 0 Å². The van der Waals surface area contributed by atoms with E-state index in [2.05, 4.69) is 33.2 Å². The van der Waals surface area contributed by atoms with Gasteiger partial charge in [-0.1, -0.05) is 18.3 Å². The molecule has 0 aliphatic carbocycles. The van der Waals surface area contributed by atoms with E-state index in [-0.39, 0.29) is 6.03 Å². The van der Waals surface area contributed by atoms with E-state index in [1.54, 1.807) is 6.20 Å². The van der Waals surface area contributed by atoms with Crippen LogP contribution in [0.2, 0.25) is 0 Å². The third kappa shape index (κ3) is 2.95. The summed E-state index contributed by atoms with van der Waals surface area (Å²) in [7, 11) is 0. The number of thiazole rings is 1. The predicted octanol–water partition coefficient (Wildman–Crippen LogP) is 3.17. The Hall–Kier alpha value is -0.620. The predicted molar refractivity (Wildman–Crippen MR) is 68.8 cm³/mol. The summed E-state index contributed by atoms with van der Waals surface area (Å²) in [5.41, 5.74) is 0. The van der Waals surface area contributed by atoms with Crippen molar-refractivity contribution in [3.63, 3.8) is 0 Å². The average molecular weight is 304 g/mol. The monoisotopic (exact) mass is 303 g/mol. The fraction of sp³-hybridized carbons (Fsp3) is 0.600. The lowest BCUT2D eigenvalue weighted by atomic mass is 10.00. The van der Waals surface area contributed by atoms with Gasteiger partial charge in [0, 0.05) is 13.1 Å². The molecule has 0 spiro atoms. The number of hydrogen-bond acceptors (Lipinski definition) is 3. The molecule has 0 saturated carbocycles. The largest absolute Gasteiger partial charge is 0.324 e. The number of rotatable bonds is 1. The molecule has 88 valence electrons. The van der Waals surface area contributed by atoms with Crippen LogP contribution in [-0.2, 0) is 0 Å². The Kier molecular flexibility index (Phi) is 3.81. The number of carbonyl (C=O) groups is 1. The first-order valence-electron chi connectivity index (χ1n) is 5.32. The molecule has 1 aliphatic rings. The Morgan fingerprint density at radius 2 is 2.31 bits per heavy atom. The number of nitrogens with one attached hydrogen (secondary N) is 1. The smallest absolute Gasteiger partial charge is 0.323 e. The number of urea groups is 1. The number of nitrogens with zero attached hydrogens (tertiary/aromatic N) is 2. The lowest BCUT2D eigenvalue weighted by Gasteiger charge is -2.29. The van der Waals surface area contributed by atoms with Gasteiger partial charge in [0.15, 0.2) is 5.13 Å². The summed E-state index contributed by atoms with van der Waals surface area (Å²) < 4.78 is 0.926. The molecule has 1 aliphatic heterocycles. The Bertz CT molecular complexity index is 374. The van der Waals surface area contributed by atoms with Crippen LogP contribution in [-0.4, -0.2) is 29.0 Å². The molecule has 1 fully saturated rings. The highest BCUT2D eigenvalue weighted by Gasteiger charge is 2.20. The second-order valence-electron chi connectivity index (χ2n) is 4.07. The van der Waals surface area contributed by atoms with Gasteiger partial charge < -0.3 is 4.90 Å². The summed E-state index contributed by atoms with van der Waals surface area (Å²) >= 11 is 4.74. The molecule has 1 saturated heterocycles. The Morgan fingerprint density at radius 1 is 1.62 bits per heavy atom. The molecule has 2 heterocycles. The molecule has 2 rings (SSSR count). The average Bonchev–Trinajstić information content (AvgIpc) is 2.65. The van der Waals surface area contributed by atoms with E-state index in [4.69, 9.17) is 0 Å². The normalized spacial score (nSPS) is 17.5. The number of carbonyl (C=O) groups excluding carboxylic acids is 1. The van der Waals surface area contributed by atoms with Crippen molar-refractivity contribution in [2.75, 3.05) is 18.4 Å². The van der Waals surface area contributed by atoms with Crippen LogP contribution in [0.4, 0.5) is 9.93 Å². The topological polar surface area (TPSA) is 45.2 Å². The van der Waals surface area contributed by atoms with Crippen molar-refractivity contribution in [1.82, 2.24) is 9.88 Å². The van der Waals surface area contributed by atoms with Gasteiger partial charge in [-0.2, -0.15) is 0 Å². The Labute approximate surface area is 107 Å². The second-order valence-corrected chi connectivity index (χ2v) is 6.48. The molecule has 1 aromatic rings. The van der Waals surface area contributed by atoms with Gasteiger partial charge >= 0.3 is 6.03 Å². The highest BCUT2D eigenvalue weighted by Crippen LogP contribution is 2.24. The molecule has 0 unspecified atom stereocenters. The van der Waals surface area contributed by atoms with E-state index in [0.717, 1.165) is 35.6 Å². The van der Waals surface area contributed by atoms with Crippen molar-refractivity contribution >= 4 is 38.4 Å². The van der Waals surface area contributed by atoms with Crippen molar-refractivity contribution in [1.29, 1.82) is 0 Å². The molecule has 1 N–H and O–H groups in total. The fourth-order valence-electron chi connectivity index (χ4n) is 1.69. The number of likely N-dealkylation sites (tertiary alicyclic amines) is 1. The standard InChI is InChI=1S/C10H14BrN3OS/c1-7-2-4-14(5-3-7)10(15)13-9-12-6-8(11)16-9/h6-7H,2-5H2,1H3,(H,12,13,15). The molecule has 0 atom stereocenters. The first-order chi connectivity index (χ1) is 7.65. The van der Waals surface area contributed by atoms with E-state index < -0.39 is 0 Å². The first-order valence-corrected chi connectivity index (χ1v) is 6.93. The molecule has 2 amide bonds. The van der Waals surface area contributed by atoms with Crippen molar-refractivity contribution in [2.45, 2.75) is 19.8 Å². The van der Waals surface area contributed by atoms with Crippen molar-refractivity contribution in [2.24, 2.45) is 5.92 Å².